The van der Waals surface area contributed by atoms with Crippen LogP contribution in [0.15, 0.2) is 72.4 Å². The summed E-state index contributed by atoms with van der Waals surface area (Å²) < 4.78 is 18.9. The molecule has 0 spiro atoms. The third-order valence-electron chi connectivity index (χ3n) is 5.11. The number of imide groups is 1. The maximum absolute atomic E-state index is 13.4. The molecule has 162 valence electrons. The van der Waals surface area contributed by atoms with Gasteiger partial charge in [0.05, 0.1) is 17.9 Å². The van der Waals surface area contributed by atoms with E-state index in [9.17, 15) is 14.0 Å². The molecule has 3 aromatic carbocycles. The molecule has 1 heterocycles. The lowest BCUT2D eigenvalue weighted by Gasteiger charge is -2.15. The zero-order valence-corrected chi connectivity index (χ0v) is 18.1. The number of rotatable bonds is 6. The summed E-state index contributed by atoms with van der Waals surface area (Å²) in [5.74, 6) is -0.740. The lowest BCUT2D eigenvalue weighted by atomic mass is 10.0. The second kappa shape index (κ2) is 8.67. The summed E-state index contributed by atoms with van der Waals surface area (Å²) in [6.07, 6.45) is 0. The van der Waals surface area contributed by atoms with Crippen molar-refractivity contribution in [2.24, 2.45) is 0 Å². The molecule has 0 radical (unpaired) electrons. The Balaban J connectivity index is 1.80. The molecule has 0 saturated heterocycles. The smallest absolute Gasteiger partial charge is 0.282 e. The zero-order chi connectivity index (χ0) is 22.8. The topological polar surface area (TPSA) is 58.6 Å². The SMILES string of the molecule is CCOc1ccc(C2=C(Nc3cc(C)cc(C)c3)C(=O)N(c3ccc(F)cc3)C2=O)cc1. The molecule has 4 rings (SSSR count). The van der Waals surface area contributed by atoms with Gasteiger partial charge in [-0.1, -0.05) is 18.2 Å². The fraction of sp³-hybridized carbons (Fsp3) is 0.154. The van der Waals surface area contributed by atoms with E-state index in [1.165, 1.54) is 24.3 Å². The molecular formula is C26H23FN2O3. The van der Waals surface area contributed by atoms with Crippen molar-refractivity contribution in [1.29, 1.82) is 0 Å². The van der Waals surface area contributed by atoms with Gasteiger partial charge in [-0.05, 0) is 86.0 Å². The van der Waals surface area contributed by atoms with Crippen molar-refractivity contribution in [3.63, 3.8) is 0 Å². The summed E-state index contributed by atoms with van der Waals surface area (Å²) in [7, 11) is 0. The van der Waals surface area contributed by atoms with Crippen molar-refractivity contribution in [1.82, 2.24) is 0 Å². The minimum Gasteiger partial charge on any atom is -0.494 e. The minimum atomic E-state index is -0.496. The molecule has 0 aliphatic carbocycles. The van der Waals surface area contributed by atoms with Gasteiger partial charge in [0.2, 0.25) is 0 Å². The first-order valence-electron chi connectivity index (χ1n) is 10.3. The largest absolute Gasteiger partial charge is 0.494 e. The molecule has 1 aliphatic rings. The van der Waals surface area contributed by atoms with Crippen LogP contribution in [0, 0.1) is 19.7 Å². The van der Waals surface area contributed by atoms with E-state index in [0.717, 1.165) is 16.0 Å². The van der Waals surface area contributed by atoms with Crippen LogP contribution in [-0.2, 0) is 9.59 Å². The Bertz CT molecular complexity index is 1190. The fourth-order valence-corrected chi connectivity index (χ4v) is 3.81. The molecule has 0 unspecified atom stereocenters. The molecule has 32 heavy (non-hydrogen) atoms. The van der Waals surface area contributed by atoms with Crippen molar-refractivity contribution in [2.75, 3.05) is 16.8 Å². The Morgan fingerprint density at radius 3 is 2.09 bits per heavy atom. The third-order valence-corrected chi connectivity index (χ3v) is 5.11. The first kappa shape index (κ1) is 21.3. The fourth-order valence-electron chi connectivity index (χ4n) is 3.81. The van der Waals surface area contributed by atoms with E-state index in [0.29, 0.717) is 29.3 Å². The van der Waals surface area contributed by atoms with E-state index in [1.807, 2.05) is 39.0 Å². The van der Waals surface area contributed by atoms with Crippen LogP contribution in [0.5, 0.6) is 5.75 Å². The molecule has 1 N–H and O–H groups in total. The Morgan fingerprint density at radius 1 is 0.875 bits per heavy atom. The van der Waals surface area contributed by atoms with Gasteiger partial charge in [-0.15, -0.1) is 0 Å². The Hall–Kier alpha value is -3.93. The average molecular weight is 430 g/mol. The molecule has 6 heteroatoms. The van der Waals surface area contributed by atoms with Gasteiger partial charge < -0.3 is 10.1 Å². The second-order valence-corrected chi connectivity index (χ2v) is 7.63. The molecule has 0 fully saturated rings. The number of carbonyl (C=O) groups excluding carboxylic acids is 2. The molecule has 0 aromatic heterocycles. The molecule has 3 aromatic rings. The minimum absolute atomic E-state index is 0.175. The van der Waals surface area contributed by atoms with Crippen LogP contribution in [0.2, 0.25) is 0 Å². The summed E-state index contributed by atoms with van der Waals surface area (Å²) in [6, 6.07) is 18.2. The number of ether oxygens (including phenoxy) is 1. The number of hydrogen-bond donors (Lipinski definition) is 1. The Morgan fingerprint density at radius 2 is 1.50 bits per heavy atom. The van der Waals surface area contributed by atoms with E-state index in [-0.39, 0.29) is 11.3 Å². The number of hydrogen-bond acceptors (Lipinski definition) is 4. The number of carbonyl (C=O) groups is 2. The van der Waals surface area contributed by atoms with E-state index in [2.05, 4.69) is 5.32 Å². The van der Waals surface area contributed by atoms with Gasteiger partial charge in [-0.2, -0.15) is 0 Å². The highest BCUT2D eigenvalue weighted by atomic mass is 19.1. The number of aryl methyl sites for hydroxylation is 2. The number of amides is 2. The first-order chi connectivity index (χ1) is 15.4. The third kappa shape index (κ3) is 4.12. The predicted octanol–water partition coefficient (Wildman–Crippen LogP) is 5.24. The normalized spacial score (nSPS) is 13.7. The molecule has 5 nitrogen and oxygen atoms in total. The first-order valence-corrected chi connectivity index (χ1v) is 10.3. The molecule has 0 atom stereocenters. The highest BCUT2D eigenvalue weighted by Gasteiger charge is 2.40. The maximum Gasteiger partial charge on any atom is 0.282 e. The van der Waals surface area contributed by atoms with Crippen LogP contribution < -0.4 is 15.0 Å². The summed E-state index contributed by atoms with van der Waals surface area (Å²) in [6.45, 7) is 6.35. The van der Waals surface area contributed by atoms with Crippen LogP contribution >= 0.6 is 0 Å². The Labute approximate surface area is 186 Å². The average Bonchev–Trinajstić information content (AvgIpc) is 2.99. The van der Waals surface area contributed by atoms with E-state index in [4.69, 9.17) is 4.74 Å². The van der Waals surface area contributed by atoms with Crippen molar-refractivity contribution in [3.05, 3.63) is 94.9 Å². The monoisotopic (exact) mass is 430 g/mol. The number of halogens is 1. The highest BCUT2D eigenvalue weighted by molar-refractivity contribution is 6.46. The van der Waals surface area contributed by atoms with Crippen LogP contribution in [0.3, 0.4) is 0 Å². The van der Waals surface area contributed by atoms with Gasteiger partial charge in [0, 0.05) is 5.69 Å². The van der Waals surface area contributed by atoms with Crippen LogP contribution in [0.4, 0.5) is 15.8 Å². The van der Waals surface area contributed by atoms with Crippen LogP contribution in [-0.4, -0.2) is 18.4 Å². The van der Waals surface area contributed by atoms with E-state index < -0.39 is 17.6 Å². The van der Waals surface area contributed by atoms with Gasteiger partial charge in [-0.3, -0.25) is 9.59 Å². The molecule has 1 aliphatic heterocycles. The lowest BCUT2D eigenvalue weighted by Crippen LogP contribution is -2.32. The number of nitrogens with zero attached hydrogens (tertiary/aromatic N) is 1. The van der Waals surface area contributed by atoms with Crippen molar-refractivity contribution < 1.29 is 18.7 Å². The van der Waals surface area contributed by atoms with Gasteiger partial charge in [-0.25, -0.2) is 9.29 Å². The highest BCUT2D eigenvalue weighted by Crippen LogP contribution is 2.34. The summed E-state index contributed by atoms with van der Waals surface area (Å²) >= 11 is 0. The van der Waals surface area contributed by atoms with Gasteiger partial charge in [0.25, 0.3) is 11.8 Å². The molecular weight excluding hydrogens is 407 g/mol. The number of benzene rings is 3. The molecule has 2 amide bonds. The lowest BCUT2D eigenvalue weighted by molar-refractivity contribution is -0.120. The Kier molecular flexibility index (Phi) is 5.77. The van der Waals surface area contributed by atoms with Gasteiger partial charge in [0.1, 0.15) is 17.3 Å². The molecule has 0 saturated carbocycles. The van der Waals surface area contributed by atoms with Gasteiger partial charge >= 0.3 is 0 Å². The number of nitrogens with one attached hydrogen (secondary N) is 1. The maximum atomic E-state index is 13.4. The van der Waals surface area contributed by atoms with Gasteiger partial charge in [0.15, 0.2) is 0 Å². The van der Waals surface area contributed by atoms with Crippen molar-refractivity contribution in [3.8, 4) is 5.75 Å². The standard InChI is InChI=1S/C26H23FN2O3/c1-4-32-22-11-5-18(6-12-22)23-24(28-20-14-16(2)13-17(3)15-20)26(31)29(25(23)30)21-9-7-19(27)8-10-21/h5-15,28H,4H2,1-3H3. The van der Waals surface area contributed by atoms with E-state index >= 15 is 0 Å². The molecule has 0 bridgehead atoms. The van der Waals surface area contributed by atoms with Crippen molar-refractivity contribution >= 4 is 28.8 Å². The summed E-state index contributed by atoms with van der Waals surface area (Å²) in [5.41, 5.74) is 4.09. The quantitative estimate of drug-likeness (QED) is 0.544. The van der Waals surface area contributed by atoms with Crippen LogP contribution in [0.25, 0.3) is 5.57 Å². The zero-order valence-electron chi connectivity index (χ0n) is 18.1. The van der Waals surface area contributed by atoms with Crippen LogP contribution in [0.1, 0.15) is 23.6 Å². The number of anilines is 2. The summed E-state index contributed by atoms with van der Waals surface area (Å²) in [4.78, 5) is 27.9. The van der Waals surface area contributed by atoms with Crippen molar-refractivity contribution in [2.45, 2.75) is 20.8 Å². The van der Waals surface area contributed by atoms with E-state index in [1.54, 1.807) is 24.3 Å². The summed E-state index contributed by atoms with van der Waals surface area (Å²) in [5, 5.41) is 3.16. The predicted molar refractivity (Wildman–Crippen MR) is 123 cm³/mol. The second-order valence-electron chi connectivity index (χ2n) is 7.63.